The number of Topliss-reactive ketones (excluding diaryl/α,β-unsaturated/α-hetero) is 1. The predicted molar refractivity (Wildman–Crippen MR) is 131 cm³/mol. The number of aliphatic hydroxyl groups excluding tert-OH is 1. The maximum atomic E-state index is 13.2. The van der Waals surface area contributed by atoms with Gasteiger partial charge in [-0.15, -0.1) is 0 Å². The minimum atomic E-state index is -0.655. The number of hydrogen-bond acceptors (Lipinski definition) is 6. The maximum Gasteiger partial charge on any atom is 0.295 e. The van der Waals surface area contributed by atoms with Gasteiger partial charge in [-0.25, -0.2) is 0 Å². The van der Waals surface area contributed by atoms with E-state index < -0.39 is 17.7 Å². The van der Waals surface area contributed by atoms with Crippen LogP contribution < -0.4 is 4.74 Å². The zero-order chi connectivity index (χ0) is 23.8. The number of carbonyl (C=O) groups is 2. The summed E-state index contributed by atoms with van der Waals surface area (Å²) in [7, 11) is 0. The van der Waals surface area contributed by atoms with E-state index in [0.29, 0.717) is 31.9 Å². The van der Waals surface area contributed by atoms with E-state index in [2.05, 4.69) is 20.8 Å². The lowest BCUT2D eigenvalue weighted by molar-refractivity contribution is -0.140. The van der Waals surface area contributed by atoms with Gasteiger partial charge in [0.05, 0.1) is 24.8 Å². The summed E-state index contributed by atoms with van der Waals surface area (Å²) in [6.45, 7) is 5.93. The number of halogens is 1. The van der Waals surface area contributed by atoms with E-state index in [-0.39, 0.29) is 17.4 Å². The van der Waals surface area contributed by atoms with Crippen LogP contribution in [0.3, 0.4) is 0 Å². The third-order valence-corrected chi connectivity index (χ3v) is 7.18. The molecule has 2 saturated heterocycles. The van der Waals surface area contributed by atoms with Crippen LogP contribution in [0.25, 0.3) is 5.76 Å². The summed E-state index contributed by atoms with van der Waals surface area (Å²) >= 11 is 3.45. The van der Waals surface area contributed by atoms with Crippen LogP contribution in [0.1, 0.15) is 29.7 Å². The molecule has 3 aliphatic rings. The van der Waals surface area contributed by atoms with Gasteiger partial charge < -0.3 is 19.5 Å². The first-order valence-corrected chi connectivity index (χ1v) is 12.4. The average Bonchev–Trinajstić information content (AvgIpc) is 3.34. The highest BCUT2D eigenvalue weighted by Crippen LogP contribution is 2.40. The molecule has 2 aromatic rings. The van der Waals surface area contributed by atoms with Gasteiger partial charge in [-0.05, 0) is 48.4 Å². The second kappa shape index (κ2) is 9.52. The first kappa shape index (κ1) is 23.1. The third kappa shape index (κ3) is 4.37. The predicted octanol–water partition coefficient (Wildman–Crippen LogP) is 3.53. The van der Waals surface area contributed by atoms with Crippen molar-refractivity contribution < 1.29 is 24.2 Å². The summed E-state index contributed by atoms with van der Waals surface area (Å²) in [5, 5.41) is 11.3. The molecular weight excluding hydrogens is 500 g/mol. The van der Waals surface area contributed by atoms with Crippen LogP contribution in [-0.2, 0) is 20.7 Å². The maximum absolute atomic E-state index is 13.2. The largest absolute Gasteiger partial charge is 0.507 e. The lowest BCUT2D eigenvalue weighted by Gasteiger charge is -2.31. The van der Waals surface area contributed by atoms with E-state index in [1.54, 1.807) is 11.0 Å². The number of likely N-dealkylation sites (tertiary alicyclic amines) is 1. The van der Waals surface area contributed by atoms with Crippen LogP contribution in [0.15, 0.2) is 52.5 Å². The van der Waals surface area contributed by atoms with Gasteiger partial charge in [0, 0.05) is 42.6 Å². The van der Waals surface area contributed by atoms with Gasteiger partial charge in [0.1, 0.15) is 17.6 Å². The van der Waals surface area contributed by atoms with Crippen molar-refractivity contribution in [1.82, 2.24) is 9.80 Å². The molecular formula is C26H27BrN2O5. The molecule has 0 aliphatic carbocycles. The number of carbonyl (C=O) groups excluding carboxylic acids is 2. The van der Waals surface area contributed by atoms with E-state index in [1.807, 2.05) is 43.3 Å². The number of nitrogens with zero attached hydrogens (tertiary/aromatic N) is 2. The molecule has 178 valence electrons. The Balaban J connectivity index is 1.53. The van der Waals surface area contributed by atoms with Gasteiger partial charge in [-0.1, -0.05) is 28.1 Å². The second-order valence-electron chi connectivity index (χ2n) is 8.95. The molecule has 0 bridgehead atoms. The van der Waals surface area contributed by atoms with Crippen LogP contribution in [-0.4, -0.2) is 72.1 Å². The van der Waals surface area contributed by atoms with Crippen molar-refractivity contribution in [3.05, 3.63) is 69.2 Å². The van der Waals surface area contributed by atoms with Gasteiger partial charge in [0.15, 0.2) is 0 Å². The molecule has 2 unspecified atom stereocenters. The first-order valence-electron chi connectivity index (χ1n) is 11.6. The Hall–Kier alpha value is -2.68. The Morgan fingerprint density at radius 1 is 1.09 bits per heavy atom. The van der Waals surface area contributed by atoms with E-state index in [0.717, 1.165) is 40.9 Å². The zero-order valence-corrected chi connectivity index (χ0v) is 20.6. The van der Waals surface area contributed by atoms with Gasteiger partial charge in [0.25, 0.3) is 11.7 Å². The minimum absolute atomic E-state index is 0.0703. The normalized spacial score (nSPS) is 24.4. The smallest absolute Gasteiger partial charge is 0.295 e. The molecule has 2 fully saturated rings. The molecule has 34 heavy (non-hydrogen) atoms. The number of rotatable bonds is 5. The summed E-state index contributed by atoms with van der Waals surface area (Å²) < 4.78 is 12.1. The number of hydrogen-bond donors (Lipinski definition) is 1. The van der Waals surface area contributed by atoms with Gasteiger partial charge in [-0.3, -0.25) is 14.5 Å². The van der Waals surface area contributed by atoms with E-state index in [1.165, 1.54) is 0 Å². The molecule has 2 atom stereocenters. The summed E-state index contributed by atoms with van der Waals surface area (Å²) in [5.41, 5.74) is 2.41. The minimum Gasteiger partial charge on any atom is -0.507 e. The molecule has 8 heteroatoms. The fourth-order valence-electron chi connectivity index (χ4n) is 4.90. The molecule has 3 heterocycles. The Morgan fingerprint density at radius 3 is 2.56 bits per heavy atom. The van der Waals surface area contributed by atoms with Crippen LogP contribution >= 0.6 is 15.9 Å². The van der Waals surface area contributed by atoms with Crippen molar-refractivity contribution in [3.8, 4) is 5.75 Å². The lowest BCUT2D eigenvalue weighted by Crippen LogP contribution is -2.42. The number of ketones is 1. The van der Waals surface area contributed by atoms with Crippen LogP contribution in [0, 0.1) is 0 Å². The molecule has 1 N–H and O–H groups in total. The van der Waals surface area contributed by atoms with Gasteiger partial charge in [0.2, 0.25) is 0 Å². The third-order valence-electron chi connectivity index (χ3n) is 6.66. The summed E-state index contributed by atoms with van der Waals surface area (Å²) in [6, 6.07) is 12.3. The van der Waals surface area contributed by atoms with Crippen molar-refractivity contribution >= 4 is 33.4 Å². The molecule has 5 rings (SSSR count). The zero-order valence-electron chi connectivity index (χ0n) is 19.0. The van der Waals surface area contributed by atoms with Gasteiger partial charge >= 0.3 is 0 Å². The molecule has 0 spiro atoms. The lowest BCUT2D eigenvalue weighted by atomic mass is 9.94. The quantitative estimate of drug-likeness (QED) is 0.364. The Morgan fingerprint density at radius 2 is 1.82 bits per heavy atom. The molecule has 1 amide bonds. The fourth-order valence-corrected chi connectivity index (χ4v) is 5.17. The van der Waals surface area contributed by atoms with E-state index in [9.17, 15) is 14.7 Å². The van der Waals surface area contributed by atoms with Crippen LogP contribution in [0.2, 0.25) is 0 Å². The van der Waals surface area contributed by atoms with Crippen LogP contribution in [0.5, 0.6) is 5.75 Å². The summed E-state index contributed by atoms with van der Waals surface area (Å²) in [5.74, 6) is -0.597. The fraction of sp³-hybridized carbons (Fsp3) is 0.385. The molecule has 0 aromatic heterocycles. The Kier molecular flexibility index (Phi) is 6.46. The van der Waals surface area contributed by atoms with Crippen molar-refractivity contribution in [2.45, 2.75) is 25.5 Å². The van der Waals surface area contributed by atoms with Crippen molar-refractivity contribution in [2.24, 2.45) is 0 Å². The summed E-state index contributed by atoms with van der Waals surface area (Å²) in [4.78, 5) is 30.2. The van der Waals surface area contributed by atoms with Gasteiger partial charge in [-0.2, -0.15) is 0 Å². The topological polar surface area (TPSA) is 79.3 Å². The van der Waals surface area contributed by atoms with Crippen molar-refractivity contribution in [1.29, 1.82) is 0 Å². The number of aliphatic hydroxyl groups is 1. The highest BCUT2D eigenvalue weighted by Gasteiger charge is 2.46. The van der Waals surface area contributed by atoms with E-state index in [4.69, 9.17) is 9.47 Å². The molecule has 0 radical (unpaired) electrons. The number of fused-ring (bicyclic) bond motifs is 1. The van der Waals surface area contributed by atoms with Crippen molar-refractivity contribution in [2.75, 3.05) is 39.4 Å². The first-order chi connectivity index (χ1) is 16.4. The monoisotopic (exact) mass is 526 g/mol. The Labute approximate surface area is 207 Å². The van der Waals surface area contributed by atoms with E-state index >= 15 is 0 Å². The second-order valence-corrected chi connectivity index (χ2v) is 9.87. The van der Waals surface area contributed by atoms with Crippen molar-refractivity contribution in [3.63, 3.8) is 0 Å². The molecule has 2 aromatic carbocycles. The standard InChI is InChI=1S/C26H27BrN2O5/c1-16-14-19-15-18(4-7-21(19)34-16)24(30)22-23(17-2-5-20(27)6-3-17)29(26(32)25(22)31)9-8-28-10-12-33-13-11-28/h2-7,15-16,23,30H,8-14H2,1H3/b24-22+. The number of benzene rings is 2. The Bertz CT molecular complexity index is 1140. The average molecular weight is 527 g/mol. The highest BCUT2D eigenvalue weighted by molar-refractivity contribution is 9.10. The number of ether oxygens (including phenoxy) is 2. The number of amides is 1. The number of morpholine rings is 1. The molecule has 0 saturated carbocycles. The molecule has 7 nitrogen and oxygen atoms in total. The summed E-state index contributed by atoms with van der Waals surface area (Å²) in [6.07, 6.45) is 0.807. The molecule has 3 aliphatic heterocycles. The SMILES string of the molecule is CC1Cc2cc(/C(O)=C3\C(=O)C(=O)N(CCN4CCOCC4)C3c3ccc(Br)cc3)ccc2O1. The highest BCUT2D eigenvalue weighted by atomic mass is 79.9. The van der Waals surface area contributed by atoms with Crippen LogP contribution in [0.4, 0.5) is 0 Å².